The quantitative estimate of drug-likeness (QED) is 0.775. The van der Waals surface area contributed by atoms with Crippen molar-refractivity contribution < 1.29 is 24.2 Å². The molecule has 4 nitrogen and oxygen atoms in total. The number of halogens is 1. The molecule has 0 atom stereocenters. The van der Waals surface area contributed by atoms with Crippen LogP contribution in [-0.2, 0) is 16.0 Å². The number of benzene rings is 1. The fraction of sp³-hybridized carbons (Fsp3) is 0.167. The summed E-state index contributed by atoms with van der Waals surface area (Å²) in [6.07, 6.45) is -0.652. The molecular weight excluding hydrogens is 227 g/mol. The zero-order valence-electron chi connectivity index (χ0n) is 8.74. The highest BCUT2D eigenvalue weighted by atomic mass is 19.1. The Hall–Kier alpha value is -2.35. The van der Waals surface area contributed by atoms with E-state index in [1.165, 1.54) is 6.07 Å². The molecule has 0 saturated carbocycles. The second-order valence-electron chi connectivity index (χ2n) is 3.24. The molecule has 1 aromatic carbocycles. The third-order valence-electron chi connectivity index (χ3n) is 1.88. The first-order valence-corrected chi connectivity index (χ1v) is 4.70. The molecule has 0 radical (unpaired) electrons. The lowest BCUT2D eigenvalue weighted by atomic mass is 10.0. The van der Waals surface area contributed by atoms with Crippen LogP contribution < -0.4 is 0 Å². The summed E-state index contributed by atoms with van der Waals surface area (Å²) < 4.78 is 12.9. The molecule has 0 spiro atoms. The SMILES string of the molecule is O=C(O)CC#Cc1cc(F)ccc1CC(=O)O. The zero-order chi connectivity index (χ0) is 12.8. The van der Waals surface area contributed by atoms with Crippen molar-refractivity contribution >= 4 is 11.9 Å². The second-order valence-corrected chi connectivity index (χ2v) is 3.24. The van der Waals surface area contributed by atoms with Gasteiger partial charge in [0, 0.05) is 5.56 Å². The van der Waals surface area contributed by atoms with Crippen LogP contribution in [0.5, 0.6) is 0 Å². The molecule has 2 N–H and O–H groups in total. The van der Waals surface area contributed by atoms with Gasteiger partial charge in [0.1, 0.15) is 12.2 Å². The zero-order valence-corrected chi connectivity index (χ0v) is 8.74. The second kappa shape index (κ2) is 5.66. The van der Waals surface area contributed by atoms with Gasteiger partial charge in [-0.1, -0.05) is 17.9 Å². The number of carbonyl (C=O) groups is 2. The number of hydrogen-bond acceptors (Lipinski definition) is 2. The van der Waals surface area contributed by atoms with Gasteiger partial charge in [-0.05, 0) is 17.7 Å². The molecule has 88 valence electrons. The van der Waals surface area contributed by atoms with Gasteiger partial charge in [0.25, 0.3) is 0 Å². The van der Waals surface area contributed by atoms with Crippen molar-refractivity contribution in [2.24, 2.45) is 0 Å². The normalized spacial score (nSPS) is 9.24. The van der Waals surface area contributed by atoms with Crippen molar-refractivity contribution in [2.75, 3.05) is 0 Å². The summed E-state index contributed by atoms with van der Waals surface area (Å²) in [5, 5.41) is 17.0. The molecule has 0 aliphatic rings. The van der Waals surface area contributed by atoms with Crippen LogP contribution in [0.25, 0.3) is 0 Å². The Morgan fingerprint density at radius 2 is 1.94 bits per heavy atom. The summed E-state index contributed by atoms with van der Waals surface area (Å²) in [6.45, 7) is 0. The predicted octanol–water partition coefficient (Wildman–Crippen LogP) is 1.28. The molecular formula is C12H9FO4. The summed E-state index contributed by atoms with van der Waals surface area (Å²) in [5.41, 5.74) is 0.561. The first kappa shape index (κ1) is 12.7. The van der Waals surface area contributed by atoms with E-state index in [1.807, 2.05) is 0 Å². The van der Waals surface area contributed by atoms with E-state index in [9.17, 15) is 14.0 Å². The van der Waals surface area contributed by atoms with Crippen molar-refractivity contribution in [3.8, 4) is 11.8 Å². The molecule has 0 amide bonds. The van der Waals surface area contributed by atoms with Gasteiger partial charge in [-0.3, -0.25) is 9.59 Å². The van der Waals surface area contributed by atoms with Gasteiger partial charge in [0.15, 0.2) is 0 Å². The maximum Gasteiger partial charge on any atom is 0.315 e. The highest BCUT2D eigenvalue weighted by Crippen LogP contribution is 2.11. The minimum atomic E-state index is -1.09. The summed E-state index contributed by atoms with van der Waals surface area (Å²) >= 11 is 0. The molecule has 1 aromatic rings. The lowest BCUT2D eigenvalue weighted by Gasteiger charge is -2.01. The van der Waals surface area contributed by atoms with E-state index in [1.54, 1.807) is 0 Å². The van der Waals surface area contributed by atoms with Crippen molar-refractivity contribution in [3.63, 3.8) is 0 Å². The van der Waals surface area contributed by atoms with Gasteiger partial charge in [-0.2, -0.15) is 0 Å². The van der Waals surface area contributed by atoms with Crippen molar-refractivity contribution in [2.45, 2.75) is 12.8 Å². The third kappa shape index (κ3) is 4.34. The fourth-order valence-electron chi connectivity index (χ4n) is 1.20. The third-order valence-corrected chi connectivity index (χ3v) is 1.88. The van der Waals surface area contributed by atoms with E-state index in [2.05, 4.69) is 11.8 Å². The Bertz CT molecular complexity index is 511. The first-order valence-electron chi connectivity index (χ1n) is 4.70. The minimum absolute atomic E-state index is 0.202. The number of hydrogen-bond donors (Lipinski definition) is 2. The fourth-order valence-corrected chi connectivity index (χ4v) is 1.20. The van der Waals surface area contributed by atoms with E-state index in [-0.39, 0.29) is 18.4 Å². The maximum atomic E-state index is 12.9. The molecule has 17 heavy (non-hydrogen) atoms. The van der Waals surface area contributed by atoms with Crippen LogP contribution in [0.2, 0.25) is 0 Å². The van der Waals surface area contributed by atoms with Gasteiger partial charge < -0.3 is 10.2 Å². The van der Waals surface area contributed by atoms with E-state index < -0.39 is 17.8 Å². The Morgan fingerprint density at radius 1 is 1.24 bits per heavy atom. The lowest BCUT2D eigenvalue weighted by molar-refractivity contribution is -0.137. The molecule has 0 aliphatic heterocycles. The maximum absolute atomic E-state index is 12.9. The van der Waals surface area contributed by atoms with Gasteiger partial charge in [0.05, 0.1) is 6.42 Å². The van der Waals surface area contributed by atoms with Crippen LogP contribution in [0.3, 0.4) is 0 Å². The Morgan fingerprint density at radius 3 is 2.53 bits per heavy atom. The van der Waals surface area contributed by atoms with Crippen molar-refractivity contribution in [3.05, 3.63) is 35.1 Å². The summed E-state index contributed by atoms with van der Waals surface area (Å²) in [4.78, 5) is 20.8. The minimum Gasteiger partial charge on any atom is -0.481 e. The molecule has 0 bridgehead atoms. The van der Waals surface area contributed by atoms with E-state index in [4.69, 9.17) is 10.2 Å². The Labute approximate surface area is 96.7 Å². The molecule has 0 saturated heterocycles. The largest absolute Gasteiger partial charge is 0.481 e. The number of aliphatic carboxylic acids is 2. The topological polar surface area (TPSA) is 74.6 Å². The molecule has 1 rings (SSSR count). The van der Waals surface area contributed by atoms with Gasteiger partial charge in [-0.25, -0.2) is 4.39 Å². The van der Waals surface area contributed by atoms with Gasteiger partial charge in [-0.15, -0.1) is 0 Å². The van der Waals surface area contributed by atoms with E-state index in [0.29, 0.717) is 5.56 Å². The van der Waals surface area contributed by atoms with Gasteiger partial charge in [0.2, 0.25) is 0 Å². The molecule has 0 unspecified atom stereocenters. The average Bonchev–Trinajstić information content (AvgIpc) is 2.21. The molecule has 5 heteroatoms. The number of carboxylic acids is 2. The average molecular weight is 236 g/mol. The van der Waals surface area contributed by atoms with Crippen LogP contribution in [-0.4, -0.2) is 22.2 Å². The van der Waals surface area contributed by atoms with Crippen molar-refractivity contribution in [1.29, 1.82) is 0 Å². The van der Waals surface area contributed by atoms with Crippen molar-refractivity contribution in [1.82, 2.24) is 0 Å². The van der Waals surface area contributed by atoms with E-state index >= 15 is 0 Å². The smallest absolute Gasteiger partial charge is 0.315 e. The highest BCUT2D eigenvalue weighted by Gasteiger charge is 2.06. The van der Waals surface area contributed by atoms with Gasteiger partial charge >= 0.3 is 11.9 Å². The lowest BCUT2D eigenvalue weighted by Crippen LogP contribution is -2.02. The molecule has 0 aromatic heterocycles. The van der Waals surface area contributed by atoms with Crippen LogP contribution in [0.4, 0.5) is 4.39 Å². The Balaban J connectivity index is 3.01. The Kier molecular flexibility index (Phi) is 4.23. The van der Waals surface area contributed by atoms with Crippen LogP contribution >= 0.6 is 0 Å². The molecule has 0 fully saturated rings. The monoisotopic (exact) mass is 236 g/mol. The number of rotatable bonds is 3. The van der Waals surface area contributed by atoms with Crippen LogP contribution in [0, 0.1) is 17.7 Å². The molecule has 0 aliphatic carbocycles. The summed E-state index contributed by atoms with van der Waals surface area (Å²) in [6, 6.07) is 3.56. The van der Waals surface area contributed by atoms with Crippen LogP contribution in [0.1, 0.15) is 17.5 Å². The first-order chi connectivity index (χ1) is 7.99. The van der Waals surface area contributed by atoms with E-state index in [0.717, 1.165) is 12.1 Å². The summed E-state index contributed by atoms with van der Waals surface area (Å²) in [5.74, 6) is 2.10. The standard InChI is InChI=1S/C12H9FO4/c13-10-5-4-9(7-12(16)17)8(6-10)2-1-3-11(14)15/h4-6H,3,7H2,(H,14,15)(H,16,17). The summed E-state index contributed by atoms with van der Waals surface area (Å²) in [7, 11) is 0. The number of carboxylic acid groups (broad SMARTS) is 2. The highest BCUT2D eigenvalue weighted by molar-refractivity contribution is 5.72. The molecule has 0 heterocycles. The van der Waals surface area contributed by atoms with Crippen LogP contribution in [0.15, 0.2) is 18.2 Å². The predicted molar refractivity (Wildman–Crippen MR) is 56.9 cm³/mol.